The summed E-state index contributed by atoms with van der Waals surface area (Å²) in [6.07, 6.45) is 0. The van der Waals surface area contributed by atoms with Crippen LogP contribution in [0.5, 0.6) is 0 Å². The zero-order valence-corrected chi connectivity index (χ0v) is 8.89. The number of hydrogen-bond donors (Lipinski definition) is 0. The van der Waals surface area contributed by atoms with E-state index < -0.39 is 0 Å². The largest absolute Gasteiger partial charge is 0.153 e. The van der Waals surface area contributed by atoms with Crippen LogP contribution in [0.2, 0.25) is 0 Å². The first-order valence-corrected chi connectivity index (χ1v) is 5.29. The number of fused-ring (bicyclic) bond motifs is 1. The summed E-state index contributed by atoms with van der Waals surface area (Å²) < 4.78 is 0. The molecule has 72 valence electrons. The molecule has 4 heteroatoms. The molecule has 1 aromatic carbocycles. The van der Waals surface area contributed by atoms with Crippen molar-refractivity contribution in [2.75, 3.05) is 0 Å². The van der Waals surface area contributed by atoms with Crippen LogP contribution < -0.4 is 0 Å². The van der Waals surface area contributed by atoms with Crippen LogP contribution in [0.1, 0.15) is 11.4 Å². The fraction of sp³-hybridized carbons (Fsp3) is 0.200. The van der Waals surface area contributed by atoms with E-state index >= 15 is 0 Å². The molecule has 0 saturated heterocycles. The molecule has 2 rings (SSSR count). The molecule has 0 radical (unpaired) electrons. The van der Waals surface area contributed by atoms with Crippen LogP contribution in [0.4, 0.5) is 0 Å². The molecule has 2 nitrogen and oxygen atoms in total. The van der Waals surface area contributed by atoms with E-state index in [4.69, 9.17) is 23.2 Å². The van der Waals surface area contributed by atoms with Crippen molar-refractivity contribution in [2.24, 2.45) is 0 Å². The smallest absolute Gasteiger partial charge is 0.0857 e. The van der Waals surface area contributed by atoms with E-state index in [1.54, 1.807) is 0 Å². The van der Waals surface area contributed by atoms with E-state index in [2.05, 4.69) is 10.2 Å². The van der Waals surface area contributed by atoms with Crippen LogP contribution in [0.3, 0.4) is 0 Å². The molecule has 0 amide bonds. The van der Waals surface area contributed by atoms with Crippen molar-refractivity contribution in [3.8, 4) is 0 Å². The summed E-state index contributed by atoms with van der Waals surface area (Å²) in [6.45, 7) is 0. The van der Waals surface area contributed by atoms with Gasteiger partial charge in [-0.1, -0.05) is 24.3 Å². The Bertz CT molecular complexity index is 414. The molecule has 14 heavy (non-hydrogen) atoms. The van der Waals surface area contributed by atoms with Gasteiger partial charge < -0.3 is 0 Å². The van der Waals surface area contributed by atoms with Gasteiger partial charge in [-0.05, 0) is 0 Å². The van der Waals surface area contributed by atoms with Gasteiger partial charge in [0.1, 0.15) is 0 Å². The molecule has 0 aliphatic rings. The van der Waals surface area contributed by atoms with Gasteiger partial charge in [0.05, 0.1) is 23.1 Å². The zero-order valence-electron chi connectivity index (χ0n) is 7.37. The van der Waals surface area contributed by atoms with Crippen LogP contribution in [0.25, 0.3) is 10.8 Å². The molecule has 0 fully saturated rings. The zero-order chi connectivity index (χ0) is 9.97. The van der Waals surface area contributed by atoms with E-state index in [0.717, 1.165) is 22.2 Å². The predicted molar refractivity (Wildman–Crippen MR) is 58.7 cm³/mol. The van der Waals surface area contributed by atoms with Crippen molar-refractivity contribution in [1.29, 1.82) is 0 Å². The third-order valence-corrected chi connectivity index (χ3v) is 2.60. The van der Waals surface area contributed by atoms with Gasteiger partial charge in [-0.25, -0.2) is 0 Å². The van der Waals surface area contributed by atoms with Crippen LogP contribution in [0, 0.1) is 0 Å². The van der Waals surface area contributed by atoms with E-state index in [1.165, 1.54) is 0 Å². The summed E-state index contributed by atoms with van der Waals surface area (Å²) in [5.74, 6) is 0.742. The van der Waals surface area contributed by atoms with Gasteiger partial charge in [0.15, 0.2) is 0 Å². The molecule has 2 aromatic rings. The number of halogens is 2. The number of benzene rings is 1. The molecule has 0 aliphatic carbocycles. The Morgan fingerprint density at radius 2 is 1.29 bits per heavy atom. The lowest BCUT2D eigenvalue weighted by atomic mass is 10.1. The molecule has 0 aliphatic heterocycles. The monoisotopic (exact) mass is 226 g/mol. The number of hydrogen-bond acceptors (Lipinski definition) is 2. The van der Waals surface area contributed by atoms with Crippen molar-refractivity contribution >= 4 is 34.0 Å². The third-order valence-electron chi connectivity index (χ3n) is 2.09. The molecule has 0 unspecified atom stereocenters. The maximum Gasteiger partial charge on any atom is 0.0857 e. The van der Waals surface area contributed by atoms with Crippen molar-refractivity contribution < 1.29 is 0 Å². The van der Waals surface area contributed by atoms with Gasteiger partial charge in [-0.2, -0.15) is 10.2 Å². The van der Waals surface area contributed by atoms with E-state index in [9.17, 15) is 0 Å². The van der Waals surface area contributed by atoms with Crippen LogP contribution >= 0.6 is 23.2 Å². The summed E-state index contributed by atoms with van der Waals surface area (Å²) in [7, 11) is 0. The molecular weight excluding hydrogens is 219 g/mol. The van der Waals surface area contributed by atoms with Crippen molar-refractivity contribution in [2.45, 2.75) is 11.8 Å². The molecule has 0 saturated carbocycles. The second kappa shape index (κ2) is 4.11. The minimum Gasteiger partial charge on any atom is -0.153 e. The molecule has 0 spiro atoms. The Morgan fingerprint density at radius 1 is 0.857 bits per heavy atom. The molecule has 1 aromatic heterocycles. The third kappa shape index (κ3) is 1.56. The lowest BCUT2D eigenvalue weighted by Gasteiger charge is -2.04. The van der Waals surface area contributed by atoms with Crippen molar-refractivity contribution in [3.05, 3.63) is 35.7 Å². The second-order valence-corrected chi connectivity index (χ2v) is 3.44. The molecular formula is C10H8Cl2N2. The van der Waals surface area contributed by atoms with Crippen molar-refractivity contribution in [3.63, 3.8) is 0 Å². The van der Waals surface area contributed by atoms with Gasteiger partial charge in [0.25, 0.3) is 0 Å². The minimum absolute atomic E-state index is 0.371. The van der Waals surface area contributed by atoms with Crippen LogP contribution in [0.15, 0.2) is 24.3 Å². The Labute approximate surface area is 91.9 Å². The SMILES string of the molecule is ClCc1nnc(CCl)c2ccccc12. The topological polar surface area (TPSA) is 25.8 Å². The first kappa shape index (κ1) is 9.69. The first-order valence-electron chi connectivity index (χ1n) is 4.22. The fourth-order valence-corrected chi connectivity index (χ4v) is 1.81. The summed E-state index contributed by atoms with van der Waals surface area (Å²) in [5, 5.41) is 10.1. The maximum atomic E-state index is 5.77. The van der Waals surface area contributed by atoms with E-state index in [1.807, 2.05) is 24.3 Å². The summed E-state index contributed by atoms with van der Waals surface area (Å²) in [5.41, 5.74) is 1.60. The summed E-state index contributed by atoms with van der Waals surface area (Å²) >= 11 is 11.5. The lowest BCUT2D eigenvalue weighted by molar-refractivity contribution is 0.947. The minimum atomic E-state index is 0.371. The highest BCUT2D eigenvalue weighted by molar-refractivity contribution is 6.18. The maximum absolute atomic E-state index is 5.77. The van der Waals surface area contributed by atoms with Crippen molar-refractivity contribution in [1.82, 2.24) is 10.2 Å². The van der Waals surface area contributed by atoms with Gasteiger partial charge in [-0.3, -0.25) is 0 Å². The number of nitrogens with zero attached hydrogens (tertiary/aromatic N) is 2. The van der Waals surface area contributed by atoms with Gasteiger partial charge in [-0.15, -0.1) is 23.2 Å². The molecule has 0 bridgehead atoms. The van der Waals surface area contributed by atoms with Gasteiger partial charge in [0.2, 0.25) is 0 Å². The molecule has 0 atom stereocenters. The second-order valence-electron chi connectivity index (χ2n) is 2.91. The van der Waals surface area contributed by atoms with E-state index in [0.29, 0.717) is 11.8 Å². The molecule has 0 N–H and O–H groups in total. The number of alkyl halides is 2. The predicted octanol–water partition coefficient (Wildman–Crippen LogP) is 3.11. The van der Waals surface area contributed by atoms with Gasteiger partial charge in [0, 0.05) is 10.8 Å². The van der Waals surface area contributed by atoms with Gasteiger partial charge >= 0.3 is 0 Å². The van der Waals surface area contributed by atoms with Crippen LogP contribution in [-0.4, -0.2) is 10.2 Å². The quantitative estimate of drug-likeness (QED) is 0.736. The highest BCUT2D eigenvalue weighted by Crippen LogP contribution is 2.21. The average molecular weight is 227 g/mol. The summed E-state index contributed by atoms with van der Waals surface area (Å²) in [6, 6.07) is 7.88. The standard InChI is InChI=1S/C10H8Cl2N2/c11-5-9-7-3-1-2-4-8(7)10(6-12)14-13-9/h1-4H,5-6H2. The Kier molecular flexibility index (Phi) is 2.85. The Balaban J connectivity index is 2.78. The number of rotatable bonds is 2. The van der Waals surface area contributed by atoms with E-state index in [-0.39, 0.29) is 0 Å². The highest BCUT2D eigenvalue weighted by atomic mass is 35.5. The number of aromatic nitrogens is 2. The fourth-order valence-electron chi connectivity index (χ4n) is 1.41. The first-order chi connectivity index (χ1) is 6.86. The average Bonchev–Trinajstić information content (AvgIpc) is 2.27. The van der Waals surface area contributed by atoms with Crippen LogP contribution in [-0.2, 0) is 11.8 Å². The molecule has 1 heterocycles. The Hall–Kier alpha value is -0.860. The Morgan fingerprint density at radius 3 is 1.64 bits per heavy atom. The normalized spacial score (nSPS) is 10.7. The lowest BCUT2D eigenvalue weighted by Crippen LogP contribution is -1.97. The highest BCUT2D eigenvalue weighted by Gasteiger charge is 2.06. The summed E-state index contributed by atoms with van der Waals surface area (Å²) in [4.78, 5) is 0.